The van der Waals surface area contributed by atoms with Gasteiger partial charge >= 0.3 is 0 Å². The van der Waals surface area contributed by atoms with Gasteiger partial charge in [0.25, 0.3) is 0 Å². The second-order valence-corrected chi connectivity index (χ2v) is 2.52. The largest absolute Gasteiger partial charge is 0.390 e. The molecule has 0 aromatic rings. The van der Waals surface area contributed by atoms with Gasteiger partial charge in [-0.05, 0) is 7.05 Å². The first-order valence-electron chi connectivity index (χ1n) is 3.00. The highest BCUT2D eigenvalue weighted by Crippen LogP contribution is 2.13. The molecule has 1 heterocycles. The minimum atomic E-state index is -0.431. The number of rotatable bonds is 0. The van der Waals surface area contributed by atoms with E-state index in [0.29, 0.717) is 13.1 Å². The molecule has 0 amide bonds. The van der Waals surface area contributed by atoms with E-state index < -0.39 is 6.10 Å². The third kappa shape index (κ3) is 1.21. The molecule has 0 aromatic heterocycles. The maximum atomic E-state index is 9.10. The Hall–Kier alpha value is -0.590. The summed E-state index contributed by atoms with van der Waals surface area (Å²) in [6, 6.07) is 2.05. The molecule has 3 heteroatoms. The van der Waals surface area contributed by atoms with Crippen LogP contribution in [-0.2, 0) is 0 Å². The van der Waals surface area contributed by atoms with Crippen molar-refractivity contribution in [2.45, 2.75) is 6.10 Å². The topological polar surface area (TPSA) is 47.3 Å². The first kappa shape index (κ1) is 6.53. The number of aliphatic hydroxyl groups excluding tert-OH is 1. The summed E-state index contributed by atoms with van der Waals surface area (Å²) < 4.78 is 0. The van der Waals surface area contributed by atoms with E-state index in [-0.39, 0.29) is 5.92 Å². The molecule has 0 spiro atoms. The van der Waals surface area contributed by atoms with Gasteiger partial charge in [-0.1, -0.05) is 0 Å². The molecular weight excluding hydrogens is 116 g/mol. The van der Waals surface area contributed by atoms with Crippen LogP contribution in [0.5, 0.6) is 0 Å². The molecule has 1 aliphatic heterocycles. The molecular formula is C6H10N2O. The molecule has 1 unspecified atom stereocenters. The summed E-state index contributed by atoms with van der Waals surface area (Å²) in [5, 5.41) is 17.5. The molecule has 1 aliphatic rings. The second kappa shape index (κ2) is 2.34. The van der Waals surface area contributed by atoms with Crippen LogP contribution in [0.1, 0.15) is 0 Å². The standard InChI is InChI=1S/C6H10N2O/c1-8-3-5(2-7)6(9)4-8/h5-6,9H,3-4H2,1H3/t5?,6-/m1/s1. The lowest BCUT2D eigenvalue weighted by Gasteiger charge is -2.02. The molecule has 0 radical (unpaired) electrons. The van der Waals surface area contributed by atoms with Crippen LogP contribution in [0.3, 0.4) is 0 Å². The van der Waals surface area contributed by atoms with E-state index in [1.54, 1.807) is 0 Å². The van der Waals surface area contributed by atoms with Crippen molar-refractivity contribution in [2.24, 2.45) is 5.92 Å². The number of hydrogen-bond donors (Lipinski definition) is 1. The molecule has 50 valence electrons. The van der Waals surface area contributed by atoms with Crippen LogP contribution in [0.15, 0.2) is 0 Å². The van der Waals surface area contributed by atoms with Crippen molar-refractivity contribution >= 4 is 0 Å². The molecule has 0 aromatic carbocycles. The lowest BCUT2D eigenvalue weighted by Crippen LogP contribution is -2.16. The Bertz CT molecular complexity index is 140. The highest BCUT2D eigenvalue weighted by atomic mass is 16.3. The van der Waals surface area contributed by atoms with Crippen molar-refractivity contribution in [1.82, 2.24) is 4.90 Å². The number of nitriles is 1. The maximum Gasteiger partial charge on any atom is 0.0861 e. The monoisotopic (exact) mass is 126 g/mol. The van der Waals surface area contributed by atoms with Gasteiger partial charge in [0.15, 0.2) is 0 Å². The van der Waals surface area contributed by atoms with E-state index in [4.69, 9.17) is 10.4 Å². The zero-order chi connectivity index (χ0) is 6.85. The number of likely N-dealkylation sites (tertiary alicyclic amines) is 1. The van der Waals surface area contributed by atoms with Crippen molar-refractivity contribution in [2.75, 3.05) is 20.1 Å². The van der Waals surface area contributed by atoms with Crippen molar-refractivity contribution in [3.05, 3.63) is 0 Å². The van der Waals surface area contributed by atoms with E-state index in [2.05, 4.69) is 6.07 Å². The van der Waals surface area contributed by atoms with Crippen LogP contribution in [0.2, 0.25) is 0 Å². The third-order valence-corrected chi connectivity index (χ3v) is 1.64. The highest BCUT2D eigenvalue weighted by molar-refractivity contribution is 4.95. The molecule has 1 rings (SSSR count). The van der Waals surface area contributed by atoms with Gasteiger partial charge in [-0.2, -0.15) is 5.26 Å². The smallest absolute Gasteiger partial charge is 0.0861 e. The molecule has 3 nitrogen and oxygen atoms in total. The molecule has 2 atom stereocenters. The van der Waals surface area contributed by atoms with E-state index in [1.165, 1.54) is 0 Å². The minimum absolute atomic E-state index is 0.171. The van der Waals surface area contributed by atoms with Crippen molar-refractivity contribution in [3.8, 4) is 6.07 Å². The van der Waals surface area contributed by atoms with E-state index in [9.17, 15) is 0 Å². The summed E-state index contributed by atoms with van der Waals surface area (Å²) in [4.78, 5) is 1.96. The van der Waals surface area contributed by atoms with Crippen molar-refractivity contribution in [1.29, 1.82) is 5.26 Å². The molecule has 9 heavy (non-hydrogen) atoms. The summed E-state index contributed by atoms with van der Waals surface area (Å²) >= 11 is 0. The Balaban J connectivity index is 2.50. The Labute approximate surface area is 54.5 Å². The number of nitrogens with zero attached hydrogens (tertiary/aromatic N) is 2. The third-order valence-electron chi connectivity index (χ3n) is 1.64. The van der Waals surface area contributed by atoms with Crippen molar-refractivity contribution in [3.63, 3.8) is 0 Å². The normalized spacial score (nSPS) is 36.6. The fraction of sp³-hybridized carbons (Fsp3) is 0.833. The molecule has 1 fully saturated rings. The van der Waals surface area contributed by atoms with Crippen LogP contribution >= 0.6 is 0 Å². The molecule has 1 saturated heterocycles. The SMILES string of the molecule is CN1CC(C#N)[C@H](O)C1. The number of β-amino-alcohol motifs (C(OH)–C–C–N with tert-alkyl or cyclic N) is 1. The average Bonchev–Trinajstić information content (AvgIpc) is 2.10. The maximum absolute atomic E-state index is 9.10. The van der Waals surface area contributed by atoms with Gasteiger partial charge in [0.2, 0.25) is 0 Å². The number of likely N-dealkylation sites (N-methyl/N-ethyl adjacent to an activating group) is 1. The number of aliphatic hydroxyl groups is 1. The summed E-state index contributed by atoms with van der Waals surface area (Å²) in [6.45, 7) is 1.34. The van der Waals surface area contributed by atoms with E-state index >= 15 is 0 Å². The Morgan fingerprint density at radius 3 is 2.56 bits per heavy atom. The van der Waals surface area contributed by atoms with Gasteiger partial charge in [-0.3, -0.25) is 0 Å². The first-order chi connectivity index (χ1) is 4.24. The zero-order valence-corrected chi connectivity index (χ0v) is 5.41. The summed E-state index contributed by atoms with van der Waals surface area (Å²) in [5.74, 6) is -0.171. The summed E-state index contributed by atoms with van der Waals surface area (Å²) in [6.07, 6.45) is -0.431. The van der Waals surface area contributed by atoms with E-state index in [1.807, 2.05) is 11.9 Å². The van der Waals surface area contributed by atoms with Gasteiger partial charge in [-0.15, -0.1) is 0 Å². The van der Waals surface area contributed by atoms with Gasteiger partial charge in [0, 0.05) is 13.1 Å². The van der Waals surface area contributed by atoms with Crippen LogP contribution in [0.25, 0.3) is 0 Å². The first-order valence-corrected chi connectivity index (χ1v) is 3.00. The lowest BCUT2D eigenvalue weighted by molar-refractivity contribution is 0.162. The van der Waals surface area contributed by atoms with Gasteiger partial charge < -0.3 is 10.0 Å². The summed E-state index contributed by atoms with van der Waals surface area (Å²) in [7, 11) is 1.90. The quantitative estimate of drug-likeness (QED) is 0.473. The lowest BCUT2D eigenvalue weighted by atomic mass is 10.1. The summed E-state index contributed by atoms with van der Waals surface area (Å²) in [5.41, 5.74) is 0. The molecule has 0 bridgehead atoms. The number of hydrogen-bond acceptors (Lipinski definition) is 3. The van der Waals surface area contributed by atoms with Crippen LogP contribution in [0, 0.1) is 17.2 Å². The van der Waals surface area contributed by atoms with Crippen molar-refractivity contribution < 1.29 is 5.11 Å². The van der Waals surface area contributed by atoms with Gasteiger partial charge in [-0.25, -0.2) is 0 Å². The Morgan fingerprint density at radius 1 is 1.67 bits per heavy atom. The predicted molar refractivity (Wildman–Crippen MR) is 32.6 cm³/mol. The van der Waals surface area contributed by atoms with Crippen LogP contribution in [0.4, 0.5) is 0 Å². The fourth-order valence-electron chi connectivity index (χ4n) is 1.11. The molecule has 0 saturated carbocycles. The van der Waals surface area contributed by atoms with Gasteiger partial charge in [0.1, 0.15) is 0 Å². The van der Waals surface area contributed by atoms with E-state index in [0.717, 1.165) is 0 Å². The van der Waals surface area contributed by atoms with Gasteiger partial charge in [0.05, 0.1) is 18.1 Å². The Kier molecular flexibility index (Phi) is 1.70. The zero-order valence-electron chi connectivity index (χ0n) is 5.41. The molecule has 1 N–H and O–H groups in total. The minimum Gasteiger partial charge on any atom is -0.390 e. The molecule has 0 aliphatic carbocycles. The fourth-order valence-corrected chi connectivity index (χ4v) is 1.11. The average molecular weight is 126 g/mol. The highest BCUT2D eigenvalue weighted by Gasteiger charge is 2.28. The predicted octanol–water partition coefficient (Wildman–Crippen LogP) is -0.568. The Morgan fingerprint density at radius 2 is 2.33 bits per heavy atom. The second-order valence-electron chi connectivity index (χ2n) is 2.52. The van der Waals surface area contributed by atoms with Crippen LogP contribution < -0.4 is 0 Å². The van der Waals surface area contributed by atoms with Crippen LogP contribution in [-0.4, -0.2) is 36.2 Å².